The van der Waals surface area contributed by atoms with Gasteiger partial charge in [-0.05, 0) is 19.4 Å². The minimum atomic E-state index is -4.18. The summed E-state index contributed by atoms with van der Waals surface area (Å²) in [5.74, 6) is 0. The third-order valence-corrected chi connectivity index (χ3v) is 2.62. The number of alkyl halides is 3. The lowest BCUT2D eigenvalue weighted by atomic mass is 10.1. The van der Waals surface area contributed by atoms with E-state index < -0.39 is 24.7 Å². The second-order valence-electron chi connectivity index (χ2n) is 4.56. The van der Waals surface area contributed by atoms with E-state index in [0.717, 1.165) is 5.56 Å². The smallest absolute Gasteiger partial charge is 0.387 e. The van der Waals surface area contributed by atoms with E-state index in [0.29, 0.717) is 5.56 Å². The third-order valence-electron chi connectivity index (χ3n) is 2.62. The van der Waals surface area contributed by atoms with Gasteiger partial charge in [-0.3, -0.25) is 0 Å². The van der Waals surface area contributed by atoms with Gasteiger partial charge < -0.3 is 10.4 Å². The topological polar surface area (TPSA) is 32.3 Å². The predicted molar refractivity (Wildman–Crippen MR) is 64.3 cm³/mol. The Balaban J connectivity index is 2.44. The molecule has 0 aliphatic carbocycles. The highest BCUT2D eigenvalue weighted by molar-refractivity contribution is 5.24. The van der Waals surface area contributed by atoms with Gasteiger partial charge >= 0.3 is 6.18 Å². The Hall–Kier alpha value is -1.07. The van der Waals surface area contributed by atoms with Gasteiger partial charge in [0.25, 0.3) is 0 Å². The first-order chi connectivity index (χ1) is 8.28. The highest BCUT2D eigenvalue weighted by atomic mass is 19.4. The van der Waals surface area contributed by atoms with Crippen LogP contribution in [0, 0.1) is 6.92 Å². The van der Waals surface area contributed by atoms with E-state index in [9.17, 15) is 18.3 Å². The van der Waals surface area contributed by atoms with Crippen LogP contribution >= 0.6 is 0 Å². The molecule has 0 heterocycles. The molecule has 0 spiro atoms. The molecule has 0 saturated heterocycles. The first-order valence-electron chi connectivity index (χ1n) is 5.82. The Morgan fingerprint density at radius 2 is 2.00 bits per heavy atom. The quantitative estimate of drug-likeness (QED) is 0.854. The standard InChI is InChI=1S/C13H18F3NO/c1-9-4-3-5-11(6-9)12(18)8-17-10(2)7-13(14,15)16/h3-6,10,12,17-18H,7-8H2,1-2H3. The van der Waals surface area contributed by atoms with E-state index >= 15 is 0 Å². The second kappa shape index (κ2) is 6.20. The summed E-state index contributed by atoms with van der Waals surface area (Å²) < 4.78 is 36.3. The number of aliphatic hydroxyl groups is 1. The Bertz CT molecular complexity index is 379. The van der Waals surface area contributed by atoms with Gasteiger partial charge in [-0.25, -0.2) is 0 Å². The van der Waals surface area contributed by atoms with Gasteiger partial charge in [0.2, 0.25) is 0 Å². The zero-order chi connectivity index (χ0) is 13.8. The van der Waals surface area contributed by atoms with Crippen molar-refractivity contribution >= 4 is 0 Å². The number of hydrogen-bond donors (Lipinski definition) is 2. The van der Waals surface area contributed by atoms with E-state index in [4.69, 9.17) is 0 Å². The summed E-state index contributed by atoms with van der Waals surface area (Å²) in [4.78, 5) is 0. The normalized spacial score (nSPS) is 15.4. The molecule has 0 radical (unpaired) electrons. The number of halogens is 3. The molecular weight excluding hydrogens is 243 g/mol. The largest absolute Gasteiger partial charge is 0.390 e. The molecule has 0 aliphatic rings. The molecule has 0 aliphatic heterocycles. The lowest BCUT2D eigenvalue weighted by molar-refractivity contribution is -0.139. The van der Waals surface area contributed by atoms with Gasteiger partial charge in [0.05, 0.1) is 12.5 Å². The third kappa shape index (κ3) is 5.51. The fraction of sp³-hybridized carbons (Fsp3) is 0.538. The van der Waals surface area contributed by atoms with Crippen LogP contribution in [0.2, 0.25) is 0 Å². The first-order valence-corrected chi connectivity index (χ1v) is 5.82. The molecule has 0 amide bonds. The molecule has 2 nitrogen and oxygen atoms in total. The van der Waals surface area contributed by atoms with Crippen LogP contribution < -0.4 is 5.32 Å². The summed E-state index contributed by atoms with van der Waals surface area (Å²) in [6.45, 7) is 3.47. The summed E-state index contributed by atoms with van der Waals surface area (Å²) in [5, 5.41) is 12.5. The maximum Gasteiger partial charge on any atom is 0.390 e. The molecule has 2 atom stereocenters. The molecule has 5 heteroatoms. The Morgan fingerprint density at radius 3 is 2.56 bits per heavy atom. The Labute approximate surface area is 105 Å². The second-order valence-corrected chi connectivity index (χ2v) is 4.56. The van der Waals surface area contributed by atoms with Crippen molar-refractivity contribution in [2.45, 2.75) is 38.6 Å². The number of rotatable bonds is 5. The van der Waals surface area contributed by atoms with E-state index in [2.05, 4.69) is 5.32 Å². The van der Waals surface area contributed by atoms with Gasteiger partial charge in [0.15, 0.2) is 0 Å². The van der Waals surface area contributed by atoms with Crippen molar-refractivity contribution in [2.75, 3.05) is 6.54 Å². The monoisotopic (exact) mass is 261 g/mol. The molecule has 0 aromatic heterocycles. The summed E-state index contributed by atoms with van der Waals surface area (Å²) in [5.41, 5.74) is 1.72. The first kappa shape index (κ1) is 15.0. The minimum Gasteiger partial charge on any atom is -0.387 e. The number of aliphatic hydroxyl groups excluding tert-OH is 1. The molecule has 0 bridgehead atoms. The summed E-state index contributed by atoms with van der Waals surface area (Å²) in [6.07, 6.45) is -5.87. The molecule has 18 heavy (non-hydrogen) atoms. The number of hydrogen-bond acceptors (Lipinski definition) is 2. The average molecular weight is 261 g/mol. The summed E-state index contributed by atoms with van der Waals surface area (Å²) in [7, 11) is 0. The lowest BCUT2D eigenvalue weighted by Crippen LogP contribution is -2.34. The zero-order valence-corrected chi connectivity index (χ0v) is 10.5. The van der Waals surface area contributed by atoms with Crippen LogP contribution in [0.5, 0.6) is 0 Å². The minimum absolute atomic E-state index is 0.112. The molecule has 1 aromatic rings. The van der Waals surface area contributed by atoms with Crippen molar-refractivity contribution < 1.29 is 18.3 Å². The molecule has 0 fully saturated rings. The van der Waals surface area contributed by atoms with Gasteiger partial charge in [-0.1, -0.05) is 29.8 Å². The zero-order valence-electron chi connectivity index (χ0n) is 10.5. The highest BCUT2D eigenvalue weighted by Crippen LogP contribution is 2.21. The van der Waals surface area contributed by atoms with Crippen LogP contribution in [0.15, 0.2) is 24.3 Å². The fourth-order valence-electron chi connectivity index (χ4n) is 1.73. The van der Waals surface area contributed by atoms with Gasteiger partial charge in [0, 0.05) is 12.6 Å². The molecule has 2 N–H and O–H groups in total. The fourth-order valence-corrected chi connectivity index (χ4v) is 1.73. The van der Waals surface area contributed by atoms with Crippen molar-refractivity contribution in [2.24, 2.45) is 0 Å². The van der Waals surface area contributed by atoms with Gasteiger partial charge in [-0.2, -0.15) is 13.2 Å². The van der Waals surface area contributed by atoms with Crippen molar-refractivity contribution in [3.05, 3.63) is 35.4 Å². The van der Waals surface area contributed by atoms with Crippen molar-refractivity contribution in [3.8, 4) is 0 Å². The van der Waals surface area contributed by atoms with Crippen LogP contribution in [-0.2, 0) is 0 Å². The molecule has 102 valence electrons. The average Bonchev–Trinajstić information content (AvgIpc) is 2.23. The SMILES string of the molecule is Cc1cccc(C(O)CNC(C)CC(F)(F)F)c1. The van der Waals surface area contributed by atoms with E-state index in [-0.39, 0.29) is 6.54 Å². The highest BCUT2D eigenvalue weighted by Gasteiger charge is 2.29. The van der Waals surface area contributed by atoms with Crippen LogP contribution in [0.4, 0.5) is 13.2 Å². The molecule has 0 saturated carbocycles. The van der Waals surface area contributed by atoms with Crippen LogP contribution in [0.1, 0.15) is 30.6 Å². The van der Waals surface area contributed by atoms with Crippen molar-refractivity contribution in [1.29, 1.82) is 0 Å². The Kier molecular flexibility index (Phi) is 5.16. The van der Waals surface area contributed by atoms with E-state index in [1.54, 1.807) is 6.07 Å². The summed E-state index contributed by atoms with van der Waals surface area (Å²) >= 11 is 0. The lowest BCUT2D eigenvalue weighted by Gasteiger charge is -2.18. The van der Waals surface area contributed by atoms with E-state index in [1.807, 2.05) is 25.1 Å². The Morgan fingerprint density at radius 1 is 1.33 bits per heavy atom. The van der Waals surface area contributed by atoms with Crippen LogP contribution in [0.25, 0.3) is 0 Å². The van der Waals surface area contributed by atoms with Crippen LogP contribution in [-0.4, -0.2) is 23.9 Å². The summed E-state index contributed by atoms with van der Waals surface area (Å²) in [6, 6.07) is 6.58. The number of aryl methyl sites for hydroxylation is 1. The van der Waals surface area contributed by atoms with Gasteiger partial charge in [0.1, 0.15) is 0 Å². The molecule has 1 rings (SSSR count). The number of benzene rings is 1. The maximum atomic E-state index is 12.1. The van der Waals surface area contributed by atoms with Crippen molar-refractivity contribution in [1.82, 2.24) is 5.32 Å². The predicted octanol–water partition coefficient (Wildman–Crippen LogP) is 2.96. The molecule has 1 aromatic carbocycles. The van der Waals surface area contributed by atoms with Gasteiger partial charge in [-0.15, -0.1) is 0 Å². The molecule has 2 unspecified atom stereocenters. The van der Waals surface area contributed by atoms with Crippen LogP contribution in [0.3, 0.4) is 0 Å². The maximum absolute atomic E-state index is 12.1. The molecular formula is C13H18F3NO. The van der Waals surface area contributed by atoms with E-state index in [1.165, 1.54) is 6.92 Å². The number of nitrogens with one attached hydrogen (secondary N) is 1. The van der Waals surface area contributed by atoms with Crippen molar-refractivity contribution in [3.63, 3.8) is 0 Å².